The zero-order chi connectivity index (χ0) is 10.9. The maximum atomic E-state index is 3.75. The van der Waals surface area contributed by atoms with E-state index in [1.165, 1.54) is 45.3 Å². The number of nitrogens with zero attached hydrogens (tertiary/aromatic N) is 1. The van der Waals surface area contributed by atoms with Gasteiger partial charge in [-0.3, -0.25) is 0 Å². The fourth-order valence-electron chi connectivity index (χ4n) is 2.13. The number of hydrogen-bond acceptors (Lipinski definition) is 2. The Kier molecular flexibility index (Phi) is 6.69. The lowest BCUT2D eigenvalue weighted by molar-refractivity contribution is 0.327. The lowest BCUT2D eigenvalue weighted by atomic mass is 10.2. The molecular formula is C13H26N2. The Morgan fingerprint density at radius 1 is 1.40 bits per heavy atom. The summed E-state index contributed by atoms with van der Waals surface area (Å²) < 4.78 is 0. The Hall–Kier alpha value is -0.340. The van der Waals surface area contributed by atoms with Gasteiger partial charge in [0.05, 0.1) is 0 Å². The van der Waals surface area contributed by atoms with Crippen molar-refractivity contribution < 1.29 is 0 Å². The van der Waals surface area contributed by atoms with Gasteiger partial charge < -0.3 is 10.2 Å². The van der Waals surface area contributed by atoms with Crippen LogP contribution in [0.2, 0.25) is 0 Å². The van der Waals surface area contributed by atoms with Gasteiger partial charge >= 0.3 is 0 Å². The van der Waals surface area contributed by atoms with Crippen molar-refractivity contribution in [2.24, 2.45) is 0 Å². The molecule has 1 N–H and O–H groups in total. The minimum absolute atomic E-state index is 0.640. The average molecular weight is 210 g/mol. The predicted octanol–water partition coefficient (Wildman–Crippen LogP) is 2.42. The maximum absolute atomic E-state index is 3.75. The summed E-state index contributed by atoms with van der Waals surface area (Å²) in [6.07, 6.45) is 8.45. The molecule has 0 aromatic heterocycles. The molecule has 0 aromatic carbocycles. The van der Waals surface area contributed by atoms with Crippen molar-refractivity contribution in [2.75, 3.05) is 26.2 Å². The first-order valence-corrected chi connectivity index (χ1v) is 6.39. The lowest BCUT2D eigenvalue weighted by Crippen LogP contribution is -2.30. The second-order valence-electron chi connectivity index (χ2n) is 4.62. The molecule has 0 aromatic rings. The summed E-state index contributed by atoms with van der Waals surface area (Å²) in [7, 11) is 0. The van der Waals surface area contributed by atoms with Gasteiger partial charge in [0.25, 0.3) is 0 Å². The molecule has 1 heterocycles. The predicted molar refractivity (Wildman–Crippen MR) is 67.2 cm³/mol. The molecule has 0 spiro atoms. The SMILES string of the molecule is C=CCCC(C)NCCCN1CCCC1. The number of likely N-dealkylation sites (tertiary alicyclic amines) is 1. The van der Waals surface area contributed by atoms with Gasteiger partial charge in [0.15, 0.2) is 0 Å². The summed E-state index contributed by atoms with van der Waals surface area (Å²) in [5.41, 5.74) is 0. The summed E-state index contributed by atoms with van der Waals surface area (Å²) >= 11 is 0. The van der Waals surface area contributed by atoms with E-state index in [1.807, 2.05) is 6.08 Å². The third kappa shape index (κ3) is 5.95. The Morgan fingerprint density at radius 2 is 2.13 bits per heavy atom. The largest absolute Gasteiger partial charge is 0.314 e. The number of hydrogen-bond donors (Lipinski definition) is 1. The molecule has 0 aliphatic carbocycles. The smallest absolute Gasteiger partial charge is 0.00416 e. The van der Waals surface area contributed by atoms with E-state index in [2.05, 4.69) is 23.7 Å². The van der Waals surface area contributed by atoms with Crippen molar-refractivity contribution >= 4 is 0 Å². The number of allylic oxidation sites excluding steroid dienone is 1. The Morgan fingerprint density at radius 3 is 2.80 bits per heavy atom. The van der Waals surface area contributed by atoms with E-state index in [0.717, 1.165) is 13.0 Å². The molecule has 1 rings (SSSR count). The van der Waals surface area contributed by atoms with Gasteiger partial charge in [-0.15, -0.1) is 6.58 Å². The lowest BCUT2D eigenvalue weighted by Gasteiger charge is -2.16. The third-order valence-corrected chi connectivity index (χ3v) is 3.15. The molecule has 1 fully saturated rings. The summed E-state index contributed by atoms with van der Waals surface area (Å²) in [5.74, 6) is 0. The molecule has 1 atom stereocenters. The molecule has 0 radical (unpaired) electrons. The second-order valence-corrected chi connectivity index (χ2v) is 4.62. The third-order valence-electron chi connectivity index (χ3n) is 3.15. The molecule has 0 saturated carbocycles. The van der Waals surface area contributed by atoms with Crippen molar-refractivity contribution in [1.82, 2.24) is 10.2 Å². The molecule has 88 valence electrons. The first-order chi connectivity index (χ1) is 7.33. The Bertz CT molecular complexity index is 162. The van der Waals surface area contributed by atoms with E-state index in [4.69, 9.17) is 0 Å². The van der Waals surface area contributed by atoms with Crippen LogP contribution in [0.5, 0.6) is 0 Å². The van der Waals surface area contributed by atoms with Gasteiger partial charge in [0.1, 0.15) is 0 Å². The monoisotopic (exact) mass is 210 g/mol. The first-order valence-electron chi connectivity index (χ1n) is 6.39. The van der Waals surface area contributed by atoms with Gasteiger partial charge in [-0.05, 0) is 65.2 Å². The van der Waals surface area contributed by atoms with Gasteiger partial charge in [0.2, 0.25) is 0 Å². The zero-order valence-electron chi connectivity index (χ0n) is 10.2. The highest BCUT2D eigenvalue weighted by atomic mass is 15.1. The van der Waals surface area contributed by atoms with E-state index < -0.39 is 0 Å². The summed E-state index contributed by atoms with van der Waals surface area (Å²) in [5, 5.41) is 3.57. The zero-order valence-corrected chi connectivity index (χ0v) is 10.2. The molecule has 0 bridgehead atoms. The van der Waals surface area contributed by atoms with Crippen LogP contribution in [-0.2, 0) is 0 Å². The summed E-state index contributed by atoms with van der Waals surface area (Å²) in [6.45, 7) is 11.1. The first kappa shape index (κ1) is 12.7. The van der Waals surface area contributed by atoms with Crippen LogP contribution in [-0.4, -0.2) is 37.1 Å². The molecule has 15 heavy (non-hydrogen) atoms. The van der Waals surface area contributed by atoms with E-state index >= 15 is 0 Å². The van der Waals surface area contributed by atoms with Gasteiger partial charge in [-0.1, -0.05) is 6.08 Å². The molecule has 1 aliphatic rings. The van der Waals surface area contributed by atoms with Crippen LogP contribution in [0.3, 0.4) is 0 Å². The van der Waals surface area contributed by atoms with E-state index in [0.29, 0.717) is 6.04 Å². The van der Waals surface area contributed by atoms with Crippen LogP contribution in [0, 0.1) is 0 Å². The highest BCUT2D eigenvalue weighted by Gasteiger charge is 2.10. The molecule has 1 unspecified atom stereocenters. The van der Waals surface area contributed by atoms with Crippen LogP contribution in [0.1, 0.15) is 39.0 Å². The highest BCUT2D eigenvalue weighted by Crippen LogP contribution is 2.07. The Labute approximate surface area is 94.7 Å². The van der Waals surface area contributed by atoms with Crippen LogP contribution < -0.4 is 5.32 Å². The molecule has 2 nitrogen and oxygen atoms in total. The van der Waals surface area contributed by atoms with Crippen molar-refractivity contribution in [3.05, 3.63) is 12.7 Å². The Balaban J connectivity index is 1.89. The minimum Gasteiger partial charge on any atom is -0.314 e. The summed E-state index contributed by atoms with van der Waals surface area (Å²) in [4.78, 5) is 2.58. The fraction of sp³-hybridized carbons (Fsp3) is 0.846. The van der Waals surface area contributed by atoms with Crippen LogP contribution in [0.15, 0.2) is 12.7 Å². The number of nitrogens with one attached hydrogen (secondary N) is 1. The summed E-state index contributed by atoms with van der Waals surface area (Å²) in [6, 6.07) is 0.640. The van der Waals surface area contributed by atoms with Crippen LogP contribution in [0.25, 0.3) is 0 Å². The fourth-order valence-corrected chi connectivity index (χ4v) is 2.13. The van der Waals surface area contributed by atoms with E-state index in [-0.39, 0.29) is 0 Å². The van der Waals surface area contributed by atoms with Crippen LogP contribution >= 0.6 is 0 Å². The van der Waals surface area contributed by atoms with Gasteiger partial charge in [-0.2, -0.15) is 0 Å². The van der Waals surface area contributed by atoms with Gasteiger partial charge in [-0.25, -0.2) is 0 Å². The van der Waals surface area contributed by atoms with E-state index in [9.17, 15) is 0 Å². The molecule has 1 aliphatic heterocycles. The normalized spacial score (nSPS) is 19.3. The average Bonchev–Trinajstić information content (AvgIpc) is 2.74. The quantitative estimate of drug-likeness (QED) is 0.489. The van der Waals surface area contributed by atoms with Crippen molar-refractivity contribution in [3.8, 4) is 0 Å². The molecule has 1 saturated heterocycles. The van der Waals surface area contributed by atoms with Crippen molar-refractivity contribution in [1.29, 1.82) is 0 Å². The molecule has 2 heteroatoms. The second kappa shape index (κ2) is 7.89. The van der Waals surface area contributed by atoms with Crippen molar-refractivity contribution in [3.63, 3.8) is 0 Å². The highest BCUT2D eigenvalue weighted by molar-refractivity contribution is 4.71. The van der Waals surface area contributed by atoms with E-state index in [1.54, 1.807) is 0 Å². The topological polar surface area (TPSA) is 15.3 Å². The van der Waals surface area contributed by atoms with Crippen LogP contribution in [0.4, 0.5) is 0 Å². The minimum atomic E-state index is 0.640. The maximum Gasteiger partial charge on any atom is 0.00416 e. The standard InChI is InChI=1S/C13H26N2/c1-3-4-8-13(2)14-9-7-12-15-10-5-6-11-15/h3,13-14H,1,4-12H2,2H3. The van der Waals surface area contributed by atoms with Crippen molar-refractivity contribution in [2.45, 2.75) is 45.1 Å². The van der Waals surface area contributed by atoms with Gasteiger partial charge in [0, 0.05) is 6.04 Å². The molecular weight excluding hydrogens is 184 g/mol. The molecule has 0 amide bonds. The number of rotatable bonds is 8.